The van der Waals surface area contributed by atoms with E-state index >= 15 is 0 Å². The van der Waals surface area contributed by atoms with Gasteiger partial charge in [-0.15, -0.1) is 0 Å². The molecule has 1 aromatic heterocycles. The van der Waals surface area contributed by atoms with Gasteiger partial charge >= 0.3 is 10.2 Å². The van der Waals surface area contributed by atoms with Gasteiger partial charge in [-0.2, -0.15) is 12.7 Å². The minimum absolute atomic E-state index is 0.0272. The zero-order valence-corrected chi connectivity index (χ0v) is 18.7. The molecule has 2 atom stereocenters. The van der Waals surface area contributed by atoms with E-state index in [2.05, 4.69) is 5.32 Å². The van der Waals surface area contributed by atoms with Crippen molar-refractivity contribution in [3.8, 4) is 0 Å². The molecule has 3 N–H and O–H groups in total. The number of hydrogen-bond acceptors (Lipinski definition) is 5. The predicted octanol–water partition coefficient (Wildman–Crippen LogP) is 1.28. The van der Waals surface area contributed by atoms with E-state index in [1.54, 1.807) is 29.8 Å². The Kier molecular flexibility index (Phi) is 6.63. The second-order valence-corrected chi connectivity index (χ2v) is 9.67. The molecule has 1 aliphatic heterocycles. The number of carbonyl (C=O) groups is 2. The molecule has 1 saturated heterocycles. The molecule has 164 valence electrons. The molecule has 0 bridgehead atoms. The van der Waals surface area contributed by atoms with Gasteiger partial charge < -0.3 is 15.0 Å². The van der Waals surface area contributed by atoms with Crippen molar-refractivity contribution in [1.29, 1.82) is 0 Å². The molecule has 0 unspecified atom stereocenters. The number of halogens is 2. The van der Waals surface area contributed by atoms with Crippen molar-refractivity contribution in [2.45, 2.75) is 19.4 Å². The quantitative estimate of drug-likeness (QED) is 0.599. The van der Waals surface area contributed by atoms with Gasteiger partial charge in [0.05, 0.1) is 10.0 Å². The third kappa shape index (κ3) is 4.42. The Hall–Kier alpha value is -1.85. The van der Waals surface area contributed by atoms with Gasteiger partial charge in [0, 0.05) is 56.5 Å². The number of piperidine rings is 1. The highest BCUT2D eigenvalue weighted by Crippen LogP contribution is 2.32. The van der Waals surface area contributed by atoms with Crippen LogP contribution in [0.1, 0.15) is 23.8 Å². The maximum atomic E-state index is 12.9. The van der Waals surface area contributed by atoms with Crippen molar-refractivity contribution in [1.82, 2.24) is 18.9 Å². The molecule has 0 saturated carbocycles. The molecular weight excluding hydrogens is 455 g/mol. The number of aliphatic hydroxyl groups is 1. The Morgan fingerprint density at radius 3 is 2.63 bits per heavy atom. The average Bonchev–Trinajstić information content (AvgIpc) is 3.01. The molecule has 2 heterocycles. The summed E-state index contributed by atoms with van der Waals surface area (Å²) >= 11 is 12.3. The summed E-state index contributed by atoms with van der Waals surface area (Å²) in [5, 5.41) is 14.0. The number of hydrogen-bond donors (Lipinski definition) is 3. The fourth-order valence-electron chi connectivity index (χ4n) is 3.65. The third-order valence-corrected chi connectivity index (χ3v) is 7.58. The number of benzene rings is 1. The molecule has 0 radical (unpaired) electrons. The Morgan fingerprint density at radius 1 is 1.30 bits per heavy atom. The van der Waals surface area contributed by atoms with Crippen LogP contribution in [0.25, 0.3) is 10.9 Å². The maximum absolute atomic E-state index is 12.9. The number of nitrogens with one attached hydrogen (secondary N) is 2. The first-order valence-corrected chi connectivity index (χ1v) is 11.4. The standard InChI is InChI=1S/C18H22Cl2N4O5S/c1-10(26)22-30(28,29)24-6-5-14(11(8-24)9-25)21-18(27)16-7-12-15(23(16)2)4-3-13(19)17(12)20/h3-4,7,11,14,25H,5-6,8-9H2,1-2H3,(H,21,27)(H,22,26)/t11-,14+/m1/s1. The van der Waals surface area contributed by atoms with Crippen molar-refractivity contribution in [3.05, 3.63) is 33.9 Å². The summed E-state index contributed by atoms with van der Waals surface area (Å²) in [4.78, 5) is 24.0. The van der Waals surface area contributed by atoms with Crippen molar-refractivity contribution < 1.29 is 23.1 Å². The van der Waals surface area contributed by atoms with Gasteiger partial charge in [-0.1, -0.05) is 23.2 Å². The van der Waals surface area contributed by atoms with Crippen LogP contribution in [-0.4, -0.2) is 59.9 Å². The fraction of sp³-hybridized carbons (Fsp3) is 0.444. The van der Waals surface area contributed by atoms with E-state index in [-0.39, 0.29) is 32.0 Å². The second kappa shape index (κ2) is 8.72. The lowest BCUT2D eigenvalue weighted by molar-refractivity contribution is -0.117. The SMILES string of the molecule is CC(=O)NS(=O)(=O)N1CC[C@H](NC(=O)c2cc3c(Cl)c(Cl)ccc3n2C)[C@@H](CO)C1. The molecular formula is C18H22Cl2N4O5S. The van der Waals surface area contributed by atoms with Crippen LogP contribution in [0.2, 0.25) is 10.0 Å². The zero-order chi connectivity index (χ0) is 22.2. The lowest BCUT2D eigenvalue weighted by atomic mass is 9.94. The van der Waals surface area contributed by atoms with Crippen molar-refractivity contribution >= 4 is 56.1 Å². The molecule has 1 aliphatic rings. The molecule has 3 rings (SSSR count). The van der Waals surface area contributed by atoms with Crippen LogP contribution in [0, 0.1) is 5.92 Å². The van der Waals surface area contributed by atoms with E-state index in [9.17, 15) is 23.1 Å². The minimum atomic E-state index is -3.98. The second-order valence-electron chi connectivity index (χ2n) is 7.22. The highest BCUT2D eigenvalue weighted by atomic mass is 35.5. The normalized spacial score (nSPS) is 20.3. The lowest BCUT2D eigenvalue weighted by Gasteiger charge is -2.37. The van der Waals surface area contributed by atoms with Crippen LogP contribution in [0.5, 0.6) is 0 Å². The van der Waals surface area contributed by atoms with Gasteiger partial charge in [-0.3, -0.25) is 9.59 Å². The summed E-state index contributed by atoms with van der Waals surface area (Å²) < 4.78 is 29.1. The molecule has 2 aromatic rings. The van der Waals surface area contributed by atoms with E-state index in [1.807, 2.05) is 4.72 Å². The summed E-state index contributed by atoms with van der Waals surface area (Å²) in [5.74, 6) is -1.60. The Bertz CT molecular complexity index is 1100. The van der Waals surface area contributed by atoms with Crippen molar-refractivity contribution in [3.63, 3.8) is 0 Å². The molecule has 1 aromatic carbocycles. The fourth-order valence-corrected chi connectivity index (χ4v) is 5.25. The molecule has 0 aliphatic carbocycles. The average molecular weight is 477 g/mol. The van der Waals surface area contributed by atoms with Gasteiger partial charge in [0.1, 0.15) is 5.69 Å². The minimum Gasteiger partial charge on any atom is -0.396 e. The number of nitrogens with zero attached hydrogens (tertiary/aromatic N) is 2. The van der Waals surface area contributed by atoms with Crippen LogP contribution in [0.3, 0.4) is 0 Å². The number of amides is 2. The number of aliphatic hydroxyl groups excluding tert-OH is 1. The first-order chi connectivity index (χ1) is 14.0. The zero-order valence-electron chi connectivity index (χ0n) is 16.4. The number of rotatable bonds is 5. The van der Waals surface area contributed by atoms with Gasteiger partial charge in [-0.25, -0.2) is 4.72 Å². The lowest BCUT2D eigenvalue weighted by Crippen LogP contribution is -2.56. The van der Waals surface area contributed by atoms with Crippen LogP contribution in [0.15, 0.2) is 18.2 Å². The first-order valence-electron chi connectivity index (χ1n) is 9.18. The monoisotopic (exact) mass is 476 g/mol. The summed E-state index contributed by atoms with van der Waals surface area (Å²) in [6.45, 7) is 0.853. The highest BCUT2D eigenvalue weighted by Gasteiger charge is 2.36. The molecule has 9 nitrogen and oxygen atoms in total. The molecule has 30 heavy (non-hydrogen) atoms. The van der Waals surface area contributed by atoms with Crippen LogP contribution < -0.4 is 10.0 Å². The summed E-state index contributed by atoms with van der Waals surface area (Å²) in [6, 6.07) is 4.62. The number of aryl methyl sites for hydroxylation is 1. The van der Waals surface area contributed by atoms with Crippen molar-refractivity contribution in [2.75, 3.05) is 19.7 Å². The number of aromatic nitrogens is 1. The van der Waals surface area contributed by atoms with Crippen LogP contribution in [0.4, 0.5) is 0 Å². The topological polar surface area (TPSA) is 121 Å². The van der Waals surface area contributed by atoms with Gasteiger partial charge in [0.15, 0.2) is 0 Å². The first kappa shape index (κ1) is 22.8. The highest BCUT2D eigenvalue weighted by molar-refractivity contribution is 7.87. The van der Waals surface area contributed by atoms with Gasteiger partial charge in [0.2, 0.25) is 5.91 Å². The number of fused-ring (bicyclic) bond motifs is 1. The molecule has 0 spiro atoms. The van der Waals surface area contributed by atoms with E-state index < -0.39 is 28.1 Å². The molecule has 2 amide bonds. The molecule has 12 heteroatoms. The van der Waals surface area contributed by atoms with Crippen LogP contribution in [-0.2, 0) is 22.1 Å². The maximum Gasteiger partial charge on any atom is 0.303 e. The van der Waals surface area contributed by atoms with E-state index in [0.29, 0.717) is 21.1 Å². The summed E-state index contributed by atoms with van der Waals surface area (Å²) in [7, 11) is -2.25. The van der Waals surface area contributed by atoms with Crippen molar-refractivity contribution in [2.24, 2.45) is 13.0 Å². The molecule has 1 fully saturated rings. The number of carbonyl (C=O) groups excluding carboxylic acids is 2. The smallest absolute Gasteiger partial charge is 0.303 e. The predicted molar refractivity (Wildman–Crippen MR) is 114 cm³/mol. The largest absolute Gasteiger partial charge is 0.396 e. The van der Waals surface area contributed by atoms with E-state index in [4.69, 9.17) is 23.2 Å². The third-order valence-electron chi connectivity index (χ3n) is 5.21. The van der Waals surface area contributed by atoms with E-state index in [0.717, 1.165) is 16.7 Å². The Morgan fingerprint density at radius 2 is 2.00 bits per heavy atom. The van der Waals surface area contributed by atoms with Gasteiger partial charge in [0.25, 0.3) is 5.91 Å². The van der Waals surface area contributed by atoms with E-state index in [1.165, 1.54) is 0 Å². The summed E-state index contributed by atoms with van der Waals surface area (Å²) in [5.41, 5.74) is 1.10. The van der Waals surface area contributed by atoms with Gasteiger partial charge in [-0.05, 0) is 24.6 Å². The van der Waals surface area contributed by atoms with Crippen LogP contribution >= 0.6 is 23.2 Å². The Labute approximate surface area is 184 Å². The Balaban J connectivity index is 1.78. The summed E-state index contributed by atoms with van der Waals surface area (Å²) in [6.07, 6.45) is 0.284.